The van der Waals surface area contributed by atoms with Crippen LogP contribution in [0, 0.1) is 0 Å². The zero-order valence-electron chi connectivity index (χ0n) is 16.6. The molecule has 0 radical (unpaired) electrons. The van der Waals surface area contributed by atoms with Gasteiger partial charge in [0, 0.05) is 31.5 Å². The van der Waals surface area contributed by atoms with E-state index in [9.17, 15) is 0 Å². The van der Waals surface area contributed by atoms with Crippen molar-refractivity contribution in [1.82, 2.24) is 19.4 Å². The minimum Gasteiger partial charge on any atom is -0.494 e. The summed E-state index contributed by atoms with van der Waals surface area (Å²) < 4.78 is 7.44. The predicted molar refractivity (Wildman–Crippen MR) is 118 cm³/mol. The van der Waals surface area contributed by atoms with Gasteiger partial charge in [0.2, 0.25) is 5.95 Å². The molecule has 4 rings (SSSR count). The van der Waals surface area contributed by atoms with Crippen molar-refractivity contribution in [3.8, 4) is 17.1 Å². The van der Waals surface area contributed by atoms with Crippen LogP contribution in [0.1, 0.15) is 0 Å². The van der Waals surface area contributed by atoms with Crippen LogP contribution in [0.4, 0.5) is 17.3 Å². The topological polar surface area (TPSA) is 87.8 Å². The van der Waals surface area contributed by atoms with E-state index in [-0.39, 0.29) is 6.61 Å². The quantitative estimate of drug-likeness (QED) is 0.468. The Bertz CT molecular complexity index is 1180. The SMILES string of the molecule is COc1cc(N(C)CCO)ccc1Nc1ncc(Cl)c(-c2cnc3ccccn23)n1. The van der Waals surface area contributed by atoms with Gasteiger partial charge < -0.3 is 20.1 Å². The molecule has 8 nitrogen and oxygen atoms in total. The maximum atomic E-state index is 9.15. The number of aromatic nitrogens is 4. The molecule has 0 unspecified atom stereocenters. The molecule has 0 saturated heterocycles. The van der Waals surface area contributed by atoms with Gasteiger partial charge in [-0.3, -0.25) is 4.40 Å². The third-order valence-electron chi connectivity index (χ3n) is 4.71. The van der Waals surface area contributed by atoms with E-state index in [1.807, 2.05) is 58.9 Å². The fraction of sp³-hybridized carbons (Fsp3) is 0.190. The molecule has 1 aromatic carbocycles. The lowest BCUT2D eigenvalue weighted by molar-refractivity contribution is 0.304. The third-order valence-corrected chi connectivity index (χ3v) is 4.99. The van der Waals surface area contributed by atoms with Gasteiger partial charge in [-0.15, -0.1) is 0 Å². The molecule has 2 N–H and O–H groups in total. The van der Waals surface area contributed by atoms with Gasteiger partial charge in [0.1, 0.15) is 17.1 Å². The first-order valence-corrected chi connectivity index (χ1v) is 9.70. The highest BCUT2D eigenvalue weighted by atomic mass is 35.5. The highest BCUT2D eigenvalue weighted by molar-refractivity contribution is 6.32. The molecular weight excluding hydrogens is 404 g/mol. The summed E-state index contributed by atoms with van der Waals surface area (Å²) in [6.07, 6.45) is 5.21. The van der Waals surface area contributed by atoms with Gasteiger partial charge in [0.15, 0.2) is 0 Å². The van der Waals surface area contributed by atoms with Gasteiger partial charge in [-0.05, 0) is 24.3 Å². The minimum atomic E-state index is 0.0729. The van der Waals surface area contributed by atoms with Crippen molar-refractivity contribution in [3.63, 3.8) is 0 Å². The molecule has 0 spiro atoms. The summed E-state index contributed by atoms with van der Waals surface area (Å²) in [5, 5.41) is 12.8. The van der Waals surface area contributed by atoms with E-state index in [4.69, 9.17) is 21.4 Å². The standard InChI is InChI=1S/C21H21ClN6O2/c1-27(9-10-29)14-6-7-16(18(11-14)30-2)25-21-24-12-15(22)20(26-21)17-13-23-19-5-3-4-8-28(17)19/h3-8,11-13,29H,9-10H2,1-2H3,(H,24,25,26). The molecule has 154 valence electrons. The number of benzene rings is 1. The largest absolute Gasteiger partial charge is 0.494 e. The van der Waals surface area contributed by atoms with Crippen molar-refractivity contribution >= 4 is 34.6 Å². The summed E-state index contributed by atoms with van der Waals surface area (Å²) in [5.41, 5.74) is 3.79. The Hall–Kier alpha value is -3.36. The predicted octanol–water partition coefficient (Wildman–Crippen LogP) is 3.63. The monoisotopic (exact) mass is 424 g/mol. The van der Waals surface area contributed by atoms with E-state index < -0.39 is 0 Å². The number of fused-ring (bicyclic) bond motifs is 1. The second-order valence-electron chi connectivity index (χ2n) is 6.62. The molecule has 0 aliphatic heterocycles. The Morgan fingerprint density at radius 1 is 1.20 bits per heavy atom. The van der Waals surface area contributed by atoms with E-state index >= 15 is 0 Å². The van der Waals surface area contributed by atoms with Crippen molar-refractivity contribution in [3.05, 3.63) is 60.0 Å². The second-order valence-corrected chi connectivity index (χ2v) is 7.02. The number of methoxy groups -OCH3 is 1. The molecule has 3 aromatic heterocycles. The summed E-state index contributed by atoms with van der Waals surface area (Å²) >= 11 is 6.39. The van der Waals surface area contributed by atoms with E-state index in [2.05, 4.69) is 20.3 Å². The zero-order valence-corrected chi connectivity index (χ0v) is 17.3. The maximum Gasteiger partial charge on any atom is 0.227 e. The van der Waals surface area contributed by atoms with Gasteiger partial charge >= 0.3 is 0 Å². The Morgan fingerprint density at radius 3 is 2.87 bits per heavy atom. The Kier molecular flexibility index (Phi) is 5.69. The van der Waals surface area contributed by atoms with Crippen molar-refractivity contribution in [2.45, 2.75) is 0 Å². The van der Waals surface area contributed by atoms with Crippen LogP contribution < -0.4 is 15.0 Å². The Morgan fingerprint density at radius 2 is 2.07 bits per heavy atom. The molecule has 9 heteroatoms. The van der Waals surface area contributed by atoms with Crippen molar-refractivity contribution < 1.29 is 9.84 Å². The number of aliphatic hydroxyl groups excluding tert-OH is 1. The summed E-state index contributed by atoms with van der Waals surface area (Å²) in [6, 6.07) is 11.5. The number of ether oxygens (including phenoxy) is 1. The molecule has 0 bridgehead atoms. The van der Waals surface area contributed by atoms with E-state index in [1.54, 1.807) is 19.5 Å². The molecular formula is C21H21ClN6O2. The number of imidazole rings is 1. The number of hydrogen-bond donors (Lipinski definition) is 2. The van der Waals surface area contributed by atoms with Crippen molar-refractivity contribution in [2.75, 3.05) is 37.5 Å². The second kappa shape index (κ2) is 8.56. The molecule has 0 amide bonds. The highest BCUT2D eigenvalue weighted by Crippen LogP contribution is 2.32. The van der Waals surface area contributed by atoms with E-state index in [0.717, 1.165) is 17.0 Å². The van der Waals surface area contributed by atoms with Gasteiger partial charge in [-0.25, -0.2) is 15.0 Å². The lowest BCUT2D eigenvalue weighted by Gasteiger charge is -2.20. The van der Waals surface area contributed by atoms with Crippen LogP contribution in [0.15, 0.2) is 55.0 Å². The Labute approximate surface area is 178 Å². The minimum absolute atomic E-state index is 0.0729. The first-order chi connectivity index (χ1) is 14.6. The number of anilines is 3. The number of pyridine rings is 1. The Balaban J connectivity index is 1.67. The van der Waals surface area contributed by atoms with Crippen molar-refractivity contribution in [1.29, 1.82) is 0 Å². The molecule has 0 saturated carbocycles. The molecule has 0 fully saturated rings. The number of halogens is 1. The number of nitrogens with one attached hydrogen (secondary N) is 1. The van der Waals surface area contributed by atoms with Gasteiger partial charge in [0.25, 0.3) is 0 Å². The van der Waals surface area contributed by atoms with Crippen molar-refractivity contribution in [2.24, 2.45) is 0 Å². The van der Waals surface area contributed by atoms with E-state index in [1.165, 1.54) is 0 Å². The smallest absolute Gasteiger partial charge is 0.227 e. The molecule has 0 aliphatic carbocycles. The van der Waals surface area contributed by atoms with Gasteiger partial charge in [-0.2, -0.15) is 0 Å². The zero-order chi connectivity index (χ0) is 21.1. The first-order valence-electron chi connectivity index (χ1n) is 9.32. The normalized spacial score (nSPS) is 10.9. The van der Waals surface area contributed by atoms with Gasteiger partial charge in [0.05, 0.1) is 42.5 Å². The van der Waals surface area contributed by atoms with Gasteiger partial charge in [-0.1, -0.05) is 17.7 Å². The molecule has 0 aliphatic rings. The number of hydrogen-bond acceptors (Lipinski definition) is 7. The lowest BCUT2D eigenvalue weighted by atomic mass is 10.2. The fourth-order valence-corrected chi connectivity index (χ4v) is 3.32. The van der Waals surface area contributed by atoms with Crippen LogP contribution in [0.3, 0.4) is 0 Å². The number of rotatable bonds is 7. The fourth-order valence-electron chi connectivity index (χ4n) is 3.13. The first kappa shape index (κ1) is 19.9. The lowest BCUT2D eigenvalue weighted by Crippen LogP contribution is -2.21. The molecule has 3 heterocycles. The number of nitrogens with zero attached hydrogens (tertiary/aromatic N) is 5. The van der Waals surface area contributed by atoms with Crippen LogP contribution in [0.25, 0.3) is 17.0 Å². The summed E-state index contributed by atoms with van der Waals surface area (Å²) in [5.74, 6) is 1.02. The number of likely N-dealkylation sites (N-methyl/N-ethyl adjacent to an activating group) is 1. The van der Waals surface area contributed by atoms with Crippen LogP contribution in [-0.2, 0) is 0 Å². The van der Waals surface area contributed by atoms with Crippen LogP contribution >= 0.6 is 11.6 Å². The number of aliphatic hydroxyl groups is 1. The maximum absolute atomic E-state index is 9.15. The van der Waals surface area contributed by atoms with E-state index in [0.29, 0.717) is 34.6 Å². The van der Waals surface area contributed by atoms with Crippen LogP contribution in [0.5, 0.6) is 5.75 Å². The van der Waals surface area contributed by atoms with Crippen LogP contribution in [-0.4, -0.2) is 51.8 Å². The molecule has 0 atom stereocenters. The summed E-state index contributed by atoms with van der Waals surface area (Å²) in [6.45, 7) is 0.600. The summed E-state index contributed by atoms with van der Waals surface area (Å²) in [7, 11) is 3.51. The average molecular weight is 425 g/mol. The highest BCUT2D eigenvalue weighted by Gasteiger charge is 2.14. The average Bonchev–Trinajstić information content (AvgIpc) is 3.19. The molecule has 4 aromatic rings. The van der Waals surface area contributed by atoms with Crippen LogP contribution in [0.2, 0.25) is 5.02 Å². The third kappa shape index (κ3) is 3.87. The summed E-state index contributed by atoms with van der Waals surface area (Å²) in [4.78, 5) is 15.3. The molecule has 30 heavy (non-hydrogen) atoms.